The van der Waals surface area contributed by atoms with E-state index in [0.29, 0.717) is 5.58 Å². The van der Waals surface area contributed by atoms with E-state index in [9.17, 15) is 4.79 Å². The van der Waals surface area contributed by atoms with E-state index in [1.54, 1.807) is 6.07 Å². The number of hydrogen-bond donors (Lipinski definition) is 2. The van der Waals surface area contributed by atoms with Gasteiger partial charge in [0.25, 0.3) is 0 Å². The molecule has 0 spiro atoms. The van der Waals surface area contributed by atoms with Crippen LogP contribution in [-0.4, -0.2) is 24.1 Å². The number of nitrogens with zero attached hydrogens (tertiary/aromatic N) is 2. The van der Waals surface area contributed by atoms with Gasteiger partial charge in [0, 0.05) is 30.2 Å². The van der Waals surface area contributed by atoms with Crippen LogP contribution in [0.2, 0.25) is 0 Å². The highest BCUT2D eigenvalue weighted by Gasteiger charge is 2.14. The lowest BCUT2D eigenvalue weighted by molar-refractivity contribution is 0.318. The van der Waals surface area contributed by atoms with E-state index in [-0.39, 0.29) is 11.4 Å². The Balaban J connectivity index is 2.04. The maximum absolute atomic E-state index is 11.9. The number of oxime groups is 1. The van der Waals surface area contributed by atoms with Crippen LogP contribution in [0.4, 0.5) is 5.69 Å². The van der Waals surface area contributed by atoms with Gasteiger partial charge in [-0.1, -0.05) is 5.16 Å². The van der Waals surface area contributed by atoms with Crippen molar-refractivity contribution in [2.75, 3.05) is 18.0 Å². The first kappa shape index (κ1) is 13.5. The Morgan fingerprint density at radius 2 is 2.00 bits per heavy atom. The minimum Gasteiger partial charge on any atom is -0.422 e. The van der Waals surface area contributed by atoms with Crippen molar-refractivity contribution in [2.45, 2.75) is 19.3 Å². The molecule has 1 saturated heterocycles. The molecule has 3 rings (SSSR count). The molecule has 21 heavy (non-hydrogen) atoms. The van der Waals surface area contributed by atoms with Crippen molar-refractivity contribution in [3.05, 3.63) is 40.2 Å². The van der Waals surface area contributed by atoms with Crippen LogP contribution in [0.15, 0.2) is 38.6 Å². The molecule has 0 bridgehead atoms. The number of rotatable bonds is 2. The van der Waals surface area contributed by atoms with Gasteiger partial charge in [-0.15, -0.1) is 0 Å². The molecule has 1 fully saturated rings. The summed E-state index contributed by atoms with van der Waals surface area (Å²) in [5, 5.41) is 12.3. The van der Waals surface area contributed by atoms with E-state index in [1.807, 2.05) is 18.2 Å². The summed E-state index contributed by atoms with van der Waals surface area (Å²) in [6.07, 6.45) is 3.64. The summed E-state index contributed by atoms with van der Waals surface area (Å²) in [7, 11) is 0. The highest BCUT2D eigenvalue weighted by atomic mass is 16.4. The Morgan fingerprint density at radius 3 is 2.71 bits per heavy atom. The molecule has 110 valence electrons. The van der Waals surface area contributed by atoms with E-state index in [2.05, 4.69) is 10.1 Å². The third-order valence-corrected chi connectivity index (χ3v) is 3.82. The van der Waals surface area contributed by atoms with E-state index < -0.39 is 5.63 Å². The Morgan fingerprint density at radius 1 is 1.24 bits per heavy atom. The maximum atomic E-state index is 11.9. The summed E-state index contributed by atoms with van der Waals surface area (Å²) in [5.74, 6) is -0.245. The Bertz CT molecular complexity index is 745. The van der Waals surface area contributed by atoms with Gasteiger partial charge in [-0.05, 0) is 37.5 Å². The molecule has 1 aromatic heterocycles. The first-order valence-electron chi connectivity index (χ1n) is 7.00. The standard InChI is InChI=1S/C15H17N3O3/c16-14(17-20)12-8-10-4-5-11(9-13(10)21-15(12)19)18-6-2-1-3-7-18/h4-5,8-9,20H,1-3,6-7H2,(H2,16,17). The molecule has 0 radical (unpaired) electrons. The number of benzene rings is 1. The van der Waals surface area contributed by atoms with Crippen molar-refractivity contribution in [3.63, 3.8) is 0 Å². The molecule has 0 aliphatic carbocycles. The average molecular weight is 287 g/mol. The zero-order chi connectivity index (χ0) is 14.8. The van der Waals surface area contributed by atoms with E-state index in [0.717, 1.165) is 24.2 Å². The molecule has 0 unspecified atom stereocenters. The van der Waals surface area contributed by atoms with E-state index in [1.165, 1.54) is 19.3 Å². The fourth-order valence-corrected chi connectivity index (χ4v) is 2.68. The Hall–Kier alpha value is -2.50. The average Bonchev–Trinajstić information content (AvgIpc) is 2.53. The summed E-state index contributed by atoms with van der Waals surface area (Å²) in [6.45, 7) is 2.05. The summed E-state index contributed by atoms with van der Waals surface area (Å²) < 4.78 is 5.29. The topological polar surface area (TPSA) is 92.1 Å². The van der Waals surface area contributed by atoms with Gasteiger partial charge in [-0.25, -0.2) is 4.79 Å². The second kappa shape index (κ2) is 5.47. The smallest absolute Gasteiger partial charge is 0.347 e. The molecule has 1 aromatic carbocycles. The normalized spacial score (nSPS) is 16.4. The summed E-state index contributed by atoms with van der Waals surface area (Å²) in [4.78, 5) is 14.2. The molecule has 2 aromatic rings. The second-order valence-corrected chi connectivity index (χ2v) is 5.20. The van der Waals surface area contributed by atoms with Gasteiger partial charge in [0.15, 0.2) is 5.84 Å². The van der Waals surface area contributed by atoms with Gasteiger partial charge in [-0.3, -0.25) is 0 Å². The highest BCUT2D eigenvalue weighted by molar-refractivity contribution is 5.99. The van der Waals surface area contributed by atoms with Gasteiger partial charge < -0.3 is 20.3 Å². The van der Waals surface area contributed by atoms with E-state index >= 15 is 0 Å². The van der Waals surface area contributed by atoms with Crippen LogP contribution >= 0.6 is 0 Å². The quantitative estimate of drug-likeness (QED) is 0.289. The molecule has 6 heteroatoms. The summed E-state index contributed by atoms with van der Waals surface area (Å²) in [5.41, 5.74) is 6.50. The van der Waals surface area contributed by atoms with Crippen LogP contribution in [-0.2, 0) is 0 Å². The molecule has 6 nitrogen and oxygen atoms in total. The van der Waals surface area contributed by atoms with Crippen LogP contribution < -0.4 is 16.3 Å². The molecule has 0 saturated carbocycles. The lowest BCUT2D eigenvalue weighted by Gasteiger charge is -2.28. The minimum atomic E-state index is -0.603. The molecular formula is C15H17N3O3. The van der Waals surface area contributed by atoms with Crippen molar-refractivity contribution in [1.29, 1.82) is 0 Å². The van der Waals surface area contributed by atoms with Crippen molar-refractivity contribution >= 4 is 22.5 Å². The Labute approximate surface area is 121 Å². The molecule has 3 N–H and O–H groups in total. The minimum absolute atomic E-state index is 0.0655. The summed E-state index contributed by atoms with van der Waals surface area (Å²) in [6, 6.07) is 7.34. The zero-order valence-electron chi connectivity index (χ0n) is 11.6. The molecule has 1 aliphatic rings. The number of nitrogens with two attached hydrogens (primary N) is 1. The fraction of sp³-hybridized carbons (Fsp3) is 0.333. The van der Waals surface area contributed by atoms with Gasteiger partial charge in [0.1, 0.15) is 11.1 Å². The SMILES string of the molecule is N/C(=N\O)c1cc2ccc(N3CCCCC3)cc2oc1=O. The number of anilines is 1. The van der Waals surface area contributed by atoms with Crippen LogP contribution in [0.25, 0.3) is 11.0 Å². The Kier molecular flexibility index (Phi) is 3.51. The molecule has 0 amide bonds. The van der Waals surface area contributed by atoms with Gasteiger partial charge in [-0.2, -0.15) is 0 Å². The molecule has 1 aliphatic heterocycles. The first-order chi connectivity index (χ1) is 10.2. The number of fused-ring (bicyclic) bond motifs is 1. The van der Waals surface area contributed by atoms with Crippen molar-refractivity contribution in [3.8, 4) is 0 Å². The largest absolute Gasteiger partial charge is 0.422 e. The van der Waals surface area contributed by atoms with Crippen LogP contribution in [0.1, 0.15) is 24.8 Å². The van der Waals surface area contributed by atoms with Crippen molar-refractivity contribution in [2.24, 2.45) is 10.9 Å². The fourth-order valence-electron chi connectivity index (χ4n) is 2.68. The lowest BCUT2D eigenvalue weighted by atomic mass is 10.1. The van der Waals surface area contributed by atoms with Crippen molar-refractivity contribution in [1.82, 2.24) is 0 Å². The first-order valence-corrected chi connectivity index (χ1v) is 7.00. The maximum Gasteiger partial charge on any atom is 0.347 e. The number of hydrogen-bond acceptors (Lipinski definition) is 5. The predicted molar refractivity (Wildman–Crippen MR) is 81.1 cm³/mol. The number of amidine groups is 1. The van der Waals surface area contributed by atoms with Crippen LogP contribution in [0.5, 0.6) is 0 Å². The van der Waals surface area contributed by atoms with E-state index in [4.69, 9.17) is 15.4 Å². The highest BCUT2D eigenvalue weighted by Crippen LogP contribution is 2.24. The third-order valence-electron chi connectivity index (χ3n) is 3.82. The third kappa shape index (κ3) is 2.56. The van der Waals surface area contributed by atoms with Crippen molar-refractivity contribution < 1.29 is 9.62 Å². The van der Waals surface area contributed by atoms with Gasteiger partial charge >= 0.3 is 5.63 Å². The lowest BCUT2D eigenvalue weighted by Crippen LogP contribution is -2.29. The molecule has 0 atom stereocenters. The van der Waals surface area contributed by atoms with Gasteiger partial charge in [0.05, 0.1) is 0 Å². The van der Waals surface area contributed by atoms with Gasteiger partial charge in [0.2, 0.25) is 0 Å². The van der Waals surface area contributed by atoms with Crippen LogP contribution in [0.3, 0.4) is 0 Å². The summed E-state index contributed by atoms with van der Waals surface area (Å²) >= 11 is 0. The number of piperidine rings is 1. The monoisotopic (exact) mass is 287 g/mol. The predicted octanol–water partition coefficient (Wildman–Crippen LogP) is 1.88. The second-order valence-electron chi connectivity index (χ2n) is 5.20. The van der Waals surface area contributed by atoms with Crippen LogP contribution in [0, 0.1) is 0 Å². The zero-order valence-corrected chi connectivity index (χ0v) is 11.6. The molecular weight excluding hydrogens is 270 g/mol. The molecule has 2 heterocycles.